The lowest BCUT2D eigenvalue weighted by atomic mass is 10.2. The second-order valence-corrected chi connectivity index (χ2v) is 4.30. The monoisotopic (exact) mass is 248 g/mol. The molecule has 0 aromatic carbocycles. The van der Waals surface area contributed by atoms with Crippen LogP contribution >= 0.6 is 0 Å². The van der Waals surface area contributed by atoms with Crippen molar-refractivity contribution >= 4 is 5.91 Å². The Morgan fingerprint density at radius 3 is 2.67 bits per heavy atom. The van der Waals surface area contributed by atoms with Gasteiger partial charge in [0, 0.05) is 32.9 Å². The third-order valence-electron chi connectivity index (χ3n) is 2.90. The predicted octanol–water partition coefficient (Wildman–Crippen LogP) is 1.30. The van der Waals surface area contributed by atoms with Crippen molar-refractivity contribution in [2.45, 2.75) is 20.4 Å². The number of hydrogen-bond donors (Lipinski definition) is 0. The molecule has 0 aliphatic carbocycles. The quantitative estimate of drug-likeness (QED) is 0.821. The maximum absolute atomic E-state index is 12.2. The van der Waals surface area contributed by atoms with Gasteiger partial charge in [-0.3, -0.25) is 4.79 Å². The molecule has 2 heterocycles. The number of amides is 1. The standard InChI is InChI=1S/C12H16N4O2/c1-8-10(5-6-15(8)3)12(17)16(4)7-11-14-13-9(2)18-11/h5-6H,7H2,1-4H3. The maximum atomic E-state index is 12.2. The fraction of sp³-hybridized carbons (Fsp3) is 0.417. The lowest BCUT2D eigenvalue weighted by Gasteiger charge is -2.14. The highest BCUT2D eigenvalue weighted by Gasteiger charge is 2.18. The van der Waals surface area contributed by atoms with E-state index in [0.717, 1.165) is 5.69 Å². The topological polar surface area (TPSA) is 64.2 Å². The molecular weight excluding hydrogens is 232 g/mol. The largest absolute Gasteiger partial charge is 0.424 e. The Kier molecular flexibility index (Phi) is 3.18. The summed E-state index contributed by atoms with van der Waals surface area (Å²) in [6, 6.07) is 1.81. The lowest BCUT2D eigenvalue weighted by Crippen LogP contribution is -2.26. The average molecular weight is 248 g/mol. The molecule has 96 valence electrons. The van der Waals surface area contributed by atoms with Gasteiger partial charge < -0.3 is 13.9 Å². The summed E-state index contributed by atoms with van der Waals surface area (Å²) in [5, 5.41) is 7.61. The van der Waals surface area contributed by atoms with E-state index in [4.69, 9.17) is 4.42 Å². The van der Waals surface area contributed by atoms with E-state index in [1.807, 2.05) is 30.8 Å². The first kappa shape index (κ1) is 12.3. The van der Waals surface area contributed by atoms with Crippen LogP contribution in [0.1, 0.15) is 27.8 Å². The van der Waals surface area contributed by atoms with Crippen molar-refractivity contribution in [2.24, 2.45) is 7.05 Å². The van der Waals surface area contributed by atoms with Gasteiger partial charge in [0.2, 0.25) is 11.8 Å². The van der Waals surface area contributed by atoms with Gasteiger partial charge in [-0.15, -0.1) is 10.2 Å². The normalized spacial score (nSPS) is 10.7. The summed E-state index contributed by atoms with van der Waals surface area (Å²) in [7, 11) is 3.63. The summed E-state index contributed by atoms with van der Waals surface area (Å²) in [5.74, 6) is 0.891. The maximum Gasteiger partial charge on any atom is 0.255 e. The van der Waals surface area contributed by atoms with Crippen molar-refractivity contribution in [1.29, 1.82) is 0 Å². The summed E-state index contributed by atoms with van der Waals surface area (Å²) in [5.41, 5.74) is 1.63. The molecule has 2 aromatic heterocycles. The molecule has 6 heteroatoms. The van der Waals surface area contributed by atoms with Crippen molar-refractivity contribution in [1.82, 2.24) is 19.7 Å². The summed E-state index contributed by atoms with van der Waals surface area (Å²) in [4.78, 5) is 13.8. The number of nitrogens with zero attached hydrogens (tertiary/aromatic N) is 4. The van der Waals surface area contributed by atoms with Crippen LogP contribution in [-0.4, -0.2) is 32.6 Å². The van der Waals surface area contributed by atoms with Gasteiger partial charge in [-0.2, -0.15) is 0 Å². The highest BCUT2D eigenvalue weighted by Crippen LogP contribution is 2.12. The van der Waals surface area contributed by atoms with Gasteiger partial charge in [-0.1, -0.05) is 0 Å². The van der Waals surface area contributed by atoms with E-state index < -0.39 is 0 Å². The zero-order valence-corrected chi connectivity index (χ0v) is 11.0. The molecule has 0 fully saturated rings. The van der Waals surface area contributed by atoms with Crippen molar-refractivity contribution in [3.8, 4) is 0 Å². The van der Waals surface area contributed by atoms with E-state index in [9.17, 15) is 4.79 Å². The number of carbonyl (C=O) groups excluding carboxylic acids is 1. The minimum atomic E-state index is -0.0519. The molecule has 0 N–H and O–H groups in total. The van der Waals surface area contributed by atoms with Crippen LogP contribution in [-0.2, 0) is 13.6 Å². The van der Waals surface area contributed by atoms with Crippen LogP contribution in [0.2, 0.25) is 0 Å². The van der Waals surface area contributed by atoms with E-state index in [-0.39, 0.29) is 5.91 Å². The van der Waals surface area contributed by atoms with Gasteiger partial charge in [0.1, 0.15) is 0 Å². The van der Waals surface area contributed by atoms with E-state index in [2.05, 4.69) is 10.2 Å². The van der Waals surface area contributed by atoms with E-state index in [1.165, 1.54) is 0 Å². The van der Waals surface area contributed by atoms with Crippen LogP contribution in [0, 0.1) is 13.8 Å². The first-order valence-electron chi connectivity index (χ1n) is 5.65. The minimum absolute atomic E-state index is 0.0519. The molecule has 6 nitrogen and oxygen atoms in total. The third-order valence-corrected chi connectivity index (χ3v) is 2.90. The van der Waals surface area contributed by atoms with Crippen LogP contribution in [0.25, 0.3) is 0 Å². The van der Waals surface area contributed by atoms with Crippen molar-refractivity contribution in [2.75, 3.05) is 7.05 Å². The van der Waals surface area contributed by atoms with E-state index >= 15 is 0 Å². The van der Waals surface area contributed by atoms with Crippen LogP contribution in [0.4, 0.5) is 0 Å². The molecular formula is C12H16N4O2. The number of rotatable bonds is 3. The molecule has 1 amide bonds. The molecule has 0 unspecified atom stereocenters. The molecule has 0 radical (unpaired) electrons. The van der Waals surface area contributed by atoms with Crippen molar-refractivity contribution in [3.63, 3.8) is 0 Å². The van der Waals surface area contributed by atoms with Gasteiger partial charge in [-0.05, 0) is 13.0 Å². The summed E-state index contributed by atoms with van der Waals surface area (Å²) in [6.07, 6.45) is 1.87. The Labute approximate surface area is 105 Å². The highest BCUT2D eigenvalue weighted by molar-refractivity contribution is 5.95. The Bertz CT molecular complexity index is 570. The van der Waals surface area contributed by atoms with Gasteiger partial charge >= 0.3 is 0 Å². The second kappa shape index (κ2) is 4.64. The molecule has 0 saturated carbocycles. The Morgan fingerprint density at radius 2 is 2.17 bits per heavy atom. The SMILES string of the molecule is Cc1nnc(CN(C)C(=O)c2ccn(C)c2C)o1. The molecule has 18 heavy (non-hydrogen) atoms. The molecule has 0 atom stereocenters. The highest BCUT2D eigenvalue weighted by atomic mass is 16.4. The molecule has 2 rings (SSSR count). The zero-order valence-electron chi connectivity index (χ0n) is 11.0. The van der Waals surface area contributed by atoms with Gasteiger partial charge in [0.15, 0.2) is 0 Å². The summed E-state index contributed by atoms with van der Waals surface area (Å²) < 4.78 is 7.17. The first-order valence-corrected chi connectivity index (χ1v) is 5.65. The number of hydrogen-bond acceptors (Lipinski definition) is 4. The molecule has 0 saturated heterocycles. The van der Waals surface area contributed by atoms with Crippen LogP contribution in [0.3, 0.4) is 0 Å². The van der Waals surface area contributed by atoms with E-state index in [0.29, 0.717) is 23.9 Å². The van der Waals surface area contributed by atoms with Crippen LogP contribution in [0.5, 0.6) is 0 Å². The molecule has 0 bridgehead atoms. The van der Waals surface area contributed by atoms with Crippen LogP contribution < -0.4 is 0 Å². The Morgan fingerprint density at radius 1 is 1.44 bits per heavy atom. The first-order chi connectivity index (χ1) is 8.49. The average Bonchev–Trinajstić information content (AvgIpc) is 2.87. The van der Waals surface area contributed by atoms with Crippen LogP contribution in [0.15, 0.2) is 16.7 Å². The number of carbonyl (C=O) groups is 1. The third kappa shape index (κ3) is 2.27. The minimum Gasteiger partial charge on any atom is -0.424 e. The zero-order chi connectivity index (χ0) is 13.3. The molecule has 0 spiro atoms. The number of aromatic nitrogens is 3. The van der Waals surface area contributed by atoms with Crippen molar-refractivity contribution < 1.29 is 9.21 Å². The predicted molar refractivity (Wildman–Crippen MR) is 65.0 cm³/mol. The van der Waals surface area contributed by atoms with Gasteiger partial charge in [-0.25, -0.2) is 0 Å². The van der Waals surface area contributed by atoms with Gasteiger partial charge in [0.05, 0.1) is 12.1 Å². The number of aryl methyl sites for hydroxylation is 2. The van der Waals surface area contributed by atoms with Crippen molar-refractivity contribution in [3.05, 3.63) is 35.3 Å². The van der Waals surface area contributed by atoms with Gasteiger partial charge in [0.25, 0.3) is 5.91 Å². The fourth-order valence-electron chi connectivity index (χ4n) is 1.72. The molecule has 2 aromatic rings. The molecule has 0 aliphatic rings. The summed E-state index contributed by atoms with van der Waals surface area (Å²) >= 11 is 0. The smallest absolute Gasteiger partial charge is 0.255 e. The lowest BCUT2D eigenvalue weighted by molar-refractivity contribution is 0.0771. The Balaban J connectivity index is 2.12. The second-order valence-electron chi connectivity index (χ2n) is 4.30. The fourth-order valence-corrected chi connectivity index (χ4v) is 1.72. The summed E-state index contributed by atoms with van der Waals surface area (Å²) in [6.45, 7) is 3.95. The van der Waals surface area contributed by atoms with E-state index in [1.54, 1.807) is 18.9 Å². The Hall–Kier alpha value is -2.11. The molecule has 0 aliphatic heterocycles.